The molecule has 0 aromatic heterocycles. The average molecular weight is 445 g/mol. The van der Waals surface area contributed by atoms with Crippen molar-refractivity contribution in [1.82, 2.24) is 19.6 Å². The van der Waals surface area contributed by atoms with Crippen LogP contribution in [0.15, 0.2) is 24.3 Å². The van der Waals surface area contributed by atoms with E-state index in [0.717, 1.165) is 24.2 Å². The fraction of sp³-hybridized carbons (Fsp3) is 0.625. The molecule has 0 spiro atoms. The van der Waals surface area contributed by atoms with Crippen molar-refractivity contribution in [3.05, 3.63) is 29.8 Å². The van der Waals surface area contributed by atoms with Crippen LogP contribution in [0.1, 0.15) is 32.3 Å². The molecular weight excluding hydrogens is 408 g/mol. The lowest BCUT2D eigenvalue weighted by atomic mass is 9.96. The Morgan fingerprint density at radius 1 is 0.969 bits per heavy atom. The minimum Gasteiger partial charge on any atom is -0.484 e. The predicted octanol–water partition coefficient (Wildman–Crippen LogP) is 2.22. The lowest BCUT2D eigenvalue weighted by molar-refractivity contribution is -0.143. The molecule has 0 radical (unpaired) electrons. The third kappa shape index (κ3) is 5.72. The van der Waals surface area contributed by atoms with Crippen molar-refractivity contribution < 1.29 is 19.1 Å². The van der Waals surface area contributed by atoms with Crippen molar-refractivity contribution >= 4 is 17.8 Å². The first-order valence-corrected chi connectivity index (χ1v) is 11.7. The molecular formula is C24H36N4O4. The molecule has 8 heteroatoms. The van der Waals surface area contributed by atoms with Crippen LogP contribution in [-0.4, -0.2) is 96.4 Å². The van der Waals surface area contributed by atoms with E-state index in [1.54, 1.807) is 9.80 Å². The van der Waals surface area contributed by atoms with E-state index in [9.17, 15) is 14.4 Å². The van der Waals surface area contributed by atoms with Crippen molar-refractivity contribution in [2.45, 2.75) is 33.6 Å². The van der Waals surface area contributed by atoms with Gasteiger partial charge in [-0.2, -0.15) is 0 Å². The van der Waals surface area contributed by atoms with Gasteiger partial charge >= 0.3 is 6.03 Å². The van der Waals surface area contributed by atoms with Crippen LogP contribution in [0, 0.1) is 12.8 Å². The first kappa shape index (κ1) is 23.9. The summed E-state index contributed by atoms with van der Waals surface area (Å²) in [4.78, 5) is 45.6. The molecule has 2 aliphatic heterocycles. The van der Waals surface area contributed by atoms with Crippen molar-refractivity contribution in [2.75, 3.05) is 59.0 Å². The zero-order valence-electron chi connectivity index (χ0n) is 19.6. The van der Waals surface area contributed by atoms with Crippen LogP contribution in [-0.2, 0) is 9.59 Å². The Bertz CT molecular complexity index is 803. The first-order chi connectivity index (χ1) is 15.4. The molecule has 4 amide bonds. The molecule has 1 aromatic carbocycles. The number of benzene rings is 1. The van der Waals surface area contributed by atoms with Gasteiger partial charge in [0.25, 0.3) is 5.91 Å². The van der Waals surface area contributed by atoms with Crippen LogP contribution >= 0.6 is 0 Å². The SMILES string of the molecule is CCN(CC)C(=O)N1CCCC(C(=O)N2CCN(C(=O)COc3ccccc3C)CC2)C1. The molecule has 1 unspecified atom stereocenters. The van der Waals surface area contributed by atoms with Gasteiger partial charge in [-0.15, -0.1) is 0 Å². The topological polar surface area (TPSA) is 73.4 Å². The number of carbonyl (C=O) groups excluding carboxylic acids is 3. The zero-order chi connectivity index (χ0) is 23.1. The van der Waals surface area contributed by atoms with E-state index in [1.165, 1.54) is 0 Å². The second-order valence-electron chi connectivity index (χ2n) is 8.50. The fourth-order valence-electron chi connectivity index (χ4n) is 4.43. The minimum absolute atomic E-state index is 0.00382. The number of piperazine rings is 1. The Morgan fingerprint density at radius 3 is 2.28 bits per heavy atom. The Kier molecular flexibility index (Phi) is 8.36. The molecule has 2 saturated heterocycles. The number of likely N-dealkylation sites (tertiary alicyclic amines) is 1. The average Bonchev–Trinajstić information content (AvgIpc) is 2.83. The van der Waals surface area contributed by atoms with E-state index in [2.05, 4.69) is 0 Å². The molecule has 0 N–H and O–H groups in total. The summed E-state index contributed by atoms with van der Waals surface area (Å²) in [5.41, 5.74) is 0.997. The molecule has 0 saturated carbocycles. The number of aryl methyl sites for hydroxylation is 1. The maximum Gasteiger partial charge on any atom is 0.320 e. The van der Waals surface area contributed by atoms with Crippen molar-refractivity contribution in [3.8, 4) is 5.75 Å². The van der Waals surface area contributed by atoms with Crippen LogP contribution in [0.25, 0.3) is 0 Å². The number of amides is 4. The Labute approximate surface area is 191 Å². The monoisotopic (exact) mass is 444 g/mol. The van der Waals surface area contributed by atoms with Gasteiger partial charge in [-0.3, -0.25) is 9.59 Å². The van der Waals surface area contributed by atoms with E-state index in [1.807, 2.05) is 54.8 Å². The number of ether oxygens (including phenoxy) is 1. The lowest BCUT2D eigenvalue weighted by Crippen LogP contribution is -2.55. The third-order valence-corrected chi connectivity index (χ3v) is 6.46. The smallest absolute Gasteiger partial charge is 0.320 e. The number of hydrogen-bond donors (Lipinski definition) is 0. The van der Waals surface area contributed by atoms with E-state index >= 15 is 0 Å². The second-order valence-corrected chi connectivity index (χ2v) is 8.50. The van der Waals surface area contributed by atoms with Crippen LogP contribution in [0.5, 0.6) is 5.75 Å². The lowest BCUT2D eigenvalue weighted by Gasteiger charge is -2.39. The van der Waals surface area contributed by atoms with Crippen LogP contribution in [0.3, 0.4) is 0 Å². The number of rotatable bonds is 6. The van der Waals surface area contributed by atoms with Gasteiger partial charge < -0.3 is 24.3 Å². The number of para-hydroxylation sites is 1. The van der Waals surface area contributed by atoms with Crippen molar-refractivity contribution in [2.24, 2.45) is 5.92 Å². The highest BCUT2D eigenvalue weighted by Crippen LogP contribution is 2.21. The summed E-state index contributed by atoms with van der Waals surface area (Å²) in [5, 5.41) is 0. The fourth-order valence-corrected chi connectivity index (χ4v) is 4.43. The standard InChI is InChI=1S/C24H36N4O4/c1-4-25(5-2)24(31)28-12-8-10-20(17-28)23(30)27-15-13-26(14-16-27)22(29)18-32-21-11-7-6-9-19(21)3/h6-7,9,11,20H,4-5,8,10,12-18H2,1-3H3. The molecule has 8 nitrogen and oxygen atoms in total. The van der Waals surface area contributed by atoms with Crippen molar-refractivity contribution in [1.29, 1.82) is 0 Å². The van der Waals surface area contributed by atoms with E-state index in [4.69, 9.17) is 4.74 Å². The molecule has 0 bridgehead atoms. The maximum absolute atomic E-state index is 13.1. The van der Waals surface area contributed by atoms with Gasteiger partial charge in [0.2, 0.25) is 5.91 Å². The number of carbonyl (C=O) groups is 3. The van der Waals surface area contributed by atoms with E-state index < -0.39 is 0 Å². The molecule has 176 valence electrons. The molecule has 2 aliphatic rings. The largest absolute Gasteiger partial charge is 0.484 e. The number of piperidine rings is 1. The summed E-state index contributed by atoms with van der Waals surface area (Å²) in [6.07, 6.45) is 1.66. The molecule has 1 aromatic rings. The molecule has 2 heterocycles. The molecule has 0 aliphatic carbocycles. The Balaban J connectivity index is 1.47. The van der Waals surface area contributed by atoms with Gasteiger partial charge in [-0.25, -0.2) is 4.79 Å². The van der Waals surface area contributed by atoms with Gasteiger partial charge in [0.05, 0.1) is 5.92 Å². The van der Waals surface area contributed by atoms with Gasteiger partial charge in [0.15, 0.2) is 6.61 Å². The number of hydrogen-bond acceptors (Lipinski definition) is 4. The first-order valence-electron chi connectivity index (χ1n) is 11.7. The van der Waals surface area contributed by atoms with Gasteiger partial charge in [-0.05, 0) is 45.2 Å². The second kappa shape index (κ2) is 11.2. The summed E-state index contributed by atoms with van der Waals surface area (Å²) < 4.78 is 5.68. The summed E-state index contributed by atoms with van der Waals surface area (Å²) in [6.45, 7) is 10.5. The predicted molar refractivity (Wildman–Crippen MR) is 122 cm³/mol. The zero-order valence-corrected chi connectivity index (χ0v) is 19.6. The van der Waals surface area contributed by atoms with Crippen LogP contribution in [0.4, 0.5) is 4.79 Å². The molecule has 1 atom stereocenters. The number of nitrogens with zero attached hydrogens (tertiary/aromatic N) is 4. The highest BCUT2D eigenvalue weighted by Gasteiger charge is 2.34. The maximum atomic E-state index is 13.1. The van der Waals surface area contributed by atoms with Crippen LogP contribution in [0.2, 0.25) is 0 Å². The van der Waals surface area contributed by atoms with E-state index in [0.29, 0.717) is 52.4 Å². The van der Waals surface area contributed by atoms with Crippen LogP contribution < -0.4 is 4.74 Å². The third-order valence-electron chi connectivity index (χ3n) is 6.46. The summed E-state index contributed by atoms with van der Waals surface area (Å²) in [7, 11) is 0. The molecule has 3 rings (SSSR count). The summed E-state index contributed by atoms with van der Waals surface area (Å²) in [5.74, 6) is 0.602. The molecule has 2 fully saturated rings. The minimum atomic E-state index is -0.157. The summed E-state index contributed by atoms with van der Waals surface area (Å²) >= 11 is 0. The highest BCUT2D eigenvalue weighted by atomic mass is 16.5. The van der Waals surface area contributed by atoms with E-state index in [-0.39, 0.29) is 30.4 Å². The highest BCUT2D eigenvalue weighted by molar-refractivity contribution is 5.82. The van der Waals surface area contributed by atoms with Gasteiger partial charge in [0.1, 0.15) is 5.75 Å². The Morgan fingerprint density at radius 2 is 1.62 bits per heavy atom. The van der Waals surface area contributed by atoms with Gasteiger partial charge in [-0.1, -0.05) is 18.2 Å². The molecule has 32 heavy (non-hydrogen) atoms. The summed E-state index contributed by atoms with van der Waals surface area (Å²) in [6, 6.07) is 7.66. The van der Waals surface area contributed by atoms with Crippen molar-refractivity contribution in [3.63, 3.8) is 0 Å². The van der Waals surface area contributed by atoms with Gasteiger partial charge in [0, 0.05) is 52.4 Å². The normalized spacial score (nSPS) is 19.0. The quantitative estimate of drug-likeness (QED) is 0.674. The number of urea groups is 1. The Hall–Kier alpha value is -2.77.